The van der Waals surface area contributed by atoms with Gasteiger partial charge >= 0.3 is 0 Å². The Bertz CT molecular complexity index is 412. The fourth-order valence-electron chi connectivity index (χ4n) is 4.81. The molecular formula is C23H37N. The van der Waals surface area contributed by atoms with Crippen LogP contribution in [-0.2, 0) is 0 Å². The molecule has 0 radical (unpaired) electrons. The summed E-state index contributed by atoms with van der Waals surface area (Å²) in [5.41, 5.74) is 0. The standard InChI is InChI=1S/C23H37N/c1-2-20-9-11-22(12-10-20)17-18-23-15-13-21(14-16-23)8-6-4-3-5-7-19-24/h3-5,7,20-23H,2,6,8-18H2,1H3/t20-,21?,22-,23?. The van der Waals surface area contributed by atoms with Crippen molar-refractivity contribution in [2.24, 2.45) is 23.7 Å². The van der Waals surface area contributed by atoms with Crippen LogP contribution in [0.1, 0.15) is 90.4 Å². The van der Waals surface area contributed by atoms with Crippen molar-refractivity contribution in [1.82, 2.24) is 0 Å². The van der Waals surface area contributed by atoms with Gasteiger partial charge in [0.2, 0.25) is 0 Å². The van der Waals surface area contributed by atoms with E-state index in [-0.39, 0.29) is 0 Å². The van der Waals surface area contributed by atoms with Crippen LogP contribution in [0.15, 0.2) is 24.3 Å². The van der Waals surface area contributed by atoms with Gasteiger partial charge in [-0.15, -0.1) is 0 Å². The normalized spacial score (nSPS) is 31.5. The molecule has 0 aromatic heterocycles. The highest BCUT2D eigenvalue weighted by Crippen LogP contribution is 2.38. The molecule has 0 spiro atoms. The van der Waals surface area contributed by atoms with Gasteiger partial charge in [0, 0.05) is 6.08 Å². The first-order chi connectivity index (χ1) is 11.8. The summed E-state index contributed by atoms with van der Waals surface area (Å²) < 4.78 is 0. The van der Waals surface area contributed by atoms with Crippen LogP contribution in [0.2, 0.25) is 0 Å². The Kier molecular flexibility index (Phi) is 9.26. The van der Waals surface area contributed by atoms with Crippen LogP contribution >= 0.6 is 0 Å². The Labute approximate surface area is 150 Å². The van der Waals surface area contributed by atoms with Gasteiger partial charge in [0.05, 0.1) is 6.07 Å². The number of allylic oxidation sites excluding steroid dienone is 4. The van der Waals surface area contributed by atoms with Crippen LogP contribution in [0.4, 0.5) is 0 Å². The molecule has 0 bridgehead atoms. The minimum atomic E-state index is 0.950. The molecule has 2 saturated carbocycles. The second kappa shape index (κ2) is 11.5. The molecule has 0 saturated heterocycles. The third-order valence-corrected chi connectivity index (χ3v) is 6.65. The van der Waals surface area contributed by atoms with Gasteiger partial charge in [-0.05, 0) is 36.5 Å². The molecule has 24 heavy (non-hydrogen) atoms. The Morgan fingerprint density at radius 2 is 1.25 bits per heavy atom. The van der Waals surface area contributed by atoms with Crippen LogP contribution in [-0.4, -0.2) is 0 Å². The van der Waals surface area contributed by atoms with Crippen LogP contribution in [0.3, 0.4) is 0 Å². The van der Waals surface area contributed by atoms with Gasteiger partial charge in [0.1, 0.15) is 0 Å². The SMILES string of the molecule is CC[C@H]1CC[C@H](CCC2CCC(CCC=CC=CC#N)CC2)CC1. The number of rotatable bonds is 8. The molecule has 2 rings (SSSR count). The lowest BCUT2D eigenvalue weighted by Crippen LogP contribution is -2.18. The zero-order valence-corrected chi connectivity index (χ0v) is 15.8. The minimum absolute atomic E-state index is 0.950. The molecule has 2 aliphatic rings. The number of hydrogen-bond donors (Lipinski definition) is 0. The fraction of sp³-hybridized carbons (Fsp3) is 0.783. The maximum Gasteiger partial charge on any atom is 0.0912 e. The van der Waals surface area contributed by atoms with Crippen molar-refractivity contribution in [3.05, 3.63) is 24.3 Å². The van der Waals surface area contributed by atoms with Crippen LogP contribution < -0.4 is 0 Å². The minimum Gasteiger partial charge on any atom is -0.193 e. The van der Waals surface area contributed by atoms with Gasteiger partial charge in [0.15, 0.2) is 0 Å². The average Bonchev–Trinajstić information content (AvgIpc) is 2.64. The number of nitrogens with zero attached hydrogens (tertiary/aromatic N) is 1. The highest BCUT2D eigenvalue weighted by atomic mass is 14.3. The van der Waals surface area contributed by atoms with Crippen molar-refractivity contribution in [3.8, 4) is 6.07 Å². The van der Waals surface area contributed by atoms with E-state index in [1.54, 1.807) is 0 Å². The van der Waals surface area contributed by atoms with Crippen molar-refractivity contribution in [2.45, 2.75) is 90.4 Å². The molecule has 1 nitrogen and oxygen atoms in total. The van der Waals surface area contributed by atoms with E-state index in [4.69, 9.17) is 5.26 Å². The second-order valence-electron chi connectivity index (χ2n) is 8.25. The monoisotopic (exact) mass is 327 g/mol. The lowest BCUT2D eigenvalue weighted by molar-refractivity contribution is 0.212. The van der Waals surface area contributed by atoms with E-state index in [0.29, 0.717) is 0 Å². The van der Waals surface area contributed by atoms with E-state index >= 15 is 0 Å². The molecule has 0 atom stereocenters. The summed E-state index contributed by atoms with van der Waals surface area (Å²) >= 11 is 0. The molecule has 2 aliphatic carbocycles. The van der Waals surface area contributed by atoms with Crippen LogP contribution in [0.5, 0.6) is 0 Å². The van der Waals surface area contributed by atoms with Gasteiger partial charge in [-0.2, -0.15) is 5.26 Å². The van der Waals surface area contributed by atoms with Crippen molar-refractivity contribution < 1.29 is 0 Å². The van der Waals surface area contributed by atoms with Crippen molar-refractivity contribution in [2.75, 3.05) is 0 Å². The Morgan fingerprint density at radius 1 is 0.750 bits per heavy atom. The summed E-state index contributed by atoms with van der Waals surface area (Å²) in [6.45, 7) is 2.36. The Balaban J connectivity index is 1.52. The van der Waals surface area contributed by atoms with Crippen molar-refractivity contribution in [1.29, 1.82) is 5.26 Å². The topological polar surface area (TPSA) is 23.8 Å². The molecule has 0 N–H and O–H groups in total. The fourth-order valence-corrected chi connectivity index (χ4v) is 4.81. The third-order valence-electron chi connectivity index (χ3n) is 6.65. The Morgan fingerprint density at radius 3 is 1.75 bits per heavy atom. The van der Waals surface area contributed by atoms with E-state index in [1.165, 1.54) is 89.5 Å². The van der Waals surface area contributed by atoms with Gasteiger partial charge in [0.25, 0.3) is 0 Å². The third kappa shape index (κ3) is 7.25. The summed E-state index contributed by atoms with van der Waals surface area (Å²) in [5.74, 6) is 4.07. The number of nitriles is 1. The van der Waals surface area contributed by atoms with E-state index in [9.17, 15) is 0 Å². The lowest BCUT2D eigenvalue weighted by Gasteiger charge is -2.31. The van der Waals surface area contributed by atoms with E-state index < -0.39 is 0 Å². The molecule has 134 valence electrons. The molecular weight excluding hydrogens is 290 g/mol. The average molecular weight is 328 g/mol. The second-order valence-corrected chi connectivity index (χ2v) is 8.25. The summed E-state index contributed by atoms with van der Waals surface area (Å²) in [5, 5.41) is 8.43. The number of hydrogen-bond acceptors (Lipinski definition) is 1. The highest BCUT2D eigenvalue weighted by molar-refractivity contribution is 5.11. The predicted octanol–water partition coefficient (Wildman–Crippen LogP) is 7.21. The molecule has 2 fully saturated rings. The molecule has 0 heterocycles. The van der Waals surface area contributed by atoms with Gasteiger partial charge in [-0.1, -0.05) is 95.8 Å². The maximum absolute atomic E-state index is 8.43. The smallest absolute Gasteiger partial charge is 0.0912 e. The highest BCUT2D eigenvalue weighted by Gasteiger charge is 2.24. The molecule has 0 aliphatic heterocycles. The first-order valence-electron chi connectivity index (χ1n) is 10.5. The summed E-state index contributed by atoms with van der Waals surface area (Å²) in [4.78, 5) is 0. The first-order valence-corrected chi connectivity index (χ1v) is 10.5. The van der Waals surface area contributed by atoms with Gasteiger partial charge < -0.3 is 0 Å². The summed E-state index contributed by atoms with van der Waals surface area (Å²) in [6, 6.07) is 2.02. The molecule has 0 unspecified atom stereocenters. The van der Waals surface area contributed by atoms with E-state index in [0.717, 1.165) is 23.7 Å². The predicted molar refractivity (Wildman–Crippen MR) is 104 cm³/mol. The van der Waals surface area contributed by atoms with E-state index in [2.05, 4.69) is 13.0 Å². The van der Waals surface area contributed by atoms with Gasteiger partial charge in [-0.25, -0.2) is 0 Å². The Hall–Kier alpha value is -1.03. The first kappa shape index (κ1) is 19.3. The largest absolute Gasteiger partial charge is 0.193 e. The van der Waals surface area contributed by atoms with Crippen LogP contribution in [0, 0.1) is 35.0 Å². The zero-order chi connectivity index (χ0) is 17.0. The van der Waals surface area contributed by atoms with Crippen molar-refractivity contribution in [3.63, 3.8) is 0 Å². The van der Waals surface area contributed by atoms with Crippen molar-refractivity contribution >= 4 is 0 Å². The molecule has 1 heteroatoms. The van der Waals surface area contributed by atoms with Gasteiger partial charge in [-0.3, -0.25) is 0 Å². The molecule has 0 aromatic carbocycles. The lowest BCUT2D eigenvalue weighted by atomic mass is 9.74. The summed E-state index contributed by atoms with van der Waals surface area (Å²) in [7, 11) is 0. The maximum atomic E-state index is 8.43. The quantitative estimate of drug-likeness (QED) is 0.341. The zero-order valence-electron chi connectivity index (χ0n) is 15.8. The summed E-state index contributed by atoms with van der Waals surface area (Å²) in [6.07, 6.45) is 26.4. The van der Waals surface area contributed by atoms with E-state index in [1.807, 2.05) is 18.2 Å². The van der Waals surface area contributed by atoms with Crippen LogP contribution in [0.25, 0.3) is 0 Å². The molecule has 0 amide bonds. The molecule has 0 aromatic rings.